The first-order chi connectivity index (χ1) is 8.66. The van der Waals surface area contributed by atoms with Crippen molar-refractivity contribution in [1.82, 2.24) is 0 Å². The average molecular weight is 309 g/mol. The van der Waals surface area contributed by atoms with Crippen molar-refractivity contribution in [3.8, 4) is 0 Å². The minimum atomic E-state index is -4.03. The molecule has 1 atom stereocenters. The Hall–Kier alpha value is -1.14. The number of aryl methyl sites for hydroxylation is 1. The van der Waals surface area contributed by atoms with E-state index in [0.717, 1.165) is 12.1 Å². The smallest absolute Gasteiger partial charge is 0.341 e. The lowest BCUT2D eigenvalue weighted by Gasteiger charge is -2.12. The second-order valence-corrected chi connectivity index (χ2v) is 6.73. The predicted molar refractivity (Wildman–Crippen MR) is 69.3 cm³/mol. The predicted octanol–water partition coefficient (Wildman–Crippen LogP) is 3.02. The molecule has 0 aliphatic rings. The summed E-state index contributed by atoms with van der Waals surface area (Å²) in [5.41, 5.74) is -0.419. The first-order valence-electron chi connectivity index (χ1n) is 5.62. The fourth-order valence-corrected chi connectivity index (χ4v) is 2.20. The lowest BCUT2D eigenvalue weighted by molar-refractivity contribution is 0.0328. The Bertz CT molecular complexity index is 598. The molecule has 4 nitrogen and oxygen atoms in total. The normalized spacial score (nSPS) is 13.1. The summed E-state index contributed by atoms with van der Waals surface area (Å²) in [4.78, 5) is 11.4. The summed E-state index contributed by atoms with van der Waals surface area (Å²) in [7, 11) is 1.16. The van der Waals surface area contributed by atoms with Crippen LogP contribution in [0.1, 0.15) is 36.2 Å². The number of rotatable bonds is 4. The van der Waals surface area contributed by atoms with Gasteiger partial charge in [-0.05, 0) is 38.0 Å². The molecule has 0 saturated carbocycles. The maximum atomic E-state index is 13.8. The van der Waals surface area contributed by atoms with Gasteiger partial charge in [-0.2, -0.15) is 0 Å². The highest BCUT2D eigenvalue weighted by atomic mass is 35.7. The van der Waals surface area contributed by atoms with Crippen LogP contribution in [0.25, 0.3) is 0 Å². The fourth-order valence-electron chi connectivity index (χ4n) is 1.36. The van der Waals surface area contributed by atoms with Crippen molar-refractivity contribution in [3.05, 3.63) is 29.1 Å². The molecule has 0 fully saturated rings. The number of ether oxygens (including phenoxy) is 1. The molecule has 7 heteroatoms. The molecule has 0 amide bonds. The van der Waals surface area contributed by atoms with Crippen LogP contribution in [0.4, 0.5) is 4.39 Å². The summed E-state index contributed by atoms with van der Waals surface area (Å²) in [5, 5.41) is 0. The van der Waals surface area contributed by atoms with Crippen LogP contribution in [-0.4, -0.2) is 20.5 Å². The second kappa shape index (κ2) is 5.88. The van der Waals surface area contributed by atoms with E-state index in [1.54, 1.807) is 13.8 Å². The van der Waals surface area contributed by atoms with E-state index >= 15 is 0 Å². The summed E-state index contributed by atoms with van der Waals surface area (Å²) in [6.45, 7) is 4.81. The van der Waals surface area contributed by atoms with E-state index in [2.05, 4.69) is 0 Å². The van der Waals surface area contributed by atoms with Crippen LogP contribution in [0.3, 0.4) is 0 Å². The van der Waals surface area contributed by atoms with Crippen molar-refractivity contribution in [2.24, 2.45) is 0 Å². The number of halogens is 2. The van der Waals surface area contributed by atoms with E-state index in [-0.39, 0.29) is 16.6 Å². The van der Waals surface area contributed by atoms with Crippen molar-refractivity contribution in [2.75, 3.05) is 0 Å². The van der Waals surface area contributed by atoms with Crippen molar-refractivity contribution >= 4 is 25.7 Å². The van der Waals surface area contributed by atoms with Gasteiger partial charge in [0.15, 0.2) is 0 Å². The van der Waals surface area contributed by atoms with Crippen LogP contribution >= 0.6 is 10.7 Å². The van der Waals surface area contributed by atoms with Gasteiger partial charge in [0.2, 0.25) is 0 Å². The zero-order valence-electron chi connectivity index (χ0n) is 10.7. The molecule has 1 aromatic rings. The van der Waals surface area contributed by atoms with Gasteiger partial charge in [-0.25, -0.2) is 17.6 Å². The van der Waals surface area contributed by atoms with E-state index < -0.39 is 26.4 Å². The van der Waals surface area contributed by atoms with Crippen LogP contribution in [0.2, 0.25) is 0 Å². The molecular weight excluding hydrogens is 295 g/mol. The van der Waals surface area contributed by atoms with Crippen molar-refractivity contribution in [2.45, 2.75) is 38.2 Å². The summed E-state index contributed by atoms with van der Waals surface area (Å²) in [6.07, 6.45) is 0.184. The molecule has 19 heavy (non-hydrogen) atoms. The molecule has 1 rings (SSSR count). The maximum Gasteiger partial charge on any atom is 0.341 e. The van der Waals surface area contributed by atoms with Gasteiger partial charge in [0.05, 0.1) is 16.6 Å². The number of hydrogen-bond acceptors (Lipinski definition) is 4. The molecule has 0 saturated heterocycles. The standard InChI is InChI=1S/C12H14ClFO4S/c1-4-8(3)18-12(15)10-6-9(19(13,16)17)5-7(2)11(10)14/h5-6,8H,4H2,1-3H3. The largest absolute Gasteiger partial charge is 0.459 e. The first kappa shape index (κ1) is 15.9. The number of carbonyl (C=O) groups excluding carboxylic acids is 1. The molecule has 1 unspecified atom stereocenters. The molecule has 0 aromatic heterocycles. The Kier molecular flexibility index (Phi) is 4.92. The molecule has 0 aliphatic heterocycles. The molecule has 0 heterocycles. The van der Waals surface area contributed by atoms with Crippen molar-refractivity contribution in [3.63, 3.8) is 0 Å². The average Bonchev–Trinajstić information content (AvgIpc) is 2.30. The van der Waals surface area contributed by atoms with Gasteiger partial charge in [0, 0.05) is 10.7 Å². The third-order valence-corrected chi connectivity index (χ3v) is 3.95. The fraction of sp³-hybridized carbons (Fsp3) is 0.417. The van der Waals surface area contributed by atoms with Crippen LogP contribution in [0, 0.1) is 12.7 Å². The van der Waals surface area contributed by atoms with Crippen LogP contribution < -0.4 is 0 Å². The van der Waals surface area contributed by atoms with Crippen LogP contribution in [0.5, 0.6) is 0 Å². The second-order valence-electron chi connectivity index (χ2n) is 4.16. The monoisotopic (exact) mass is 308 g/mol. The molecule has 1 aromatic carbocycles. The van der Waals surface area contributed by atoms with E-state index in [0.29, 0.717) is 6.42 Å². The third kappa shape index (κ3) is 3.91. The van der Waals surface area contributed by atoms with Gasteiger partial charge >= 0.3 is 5.97 Å². The van der Waals surface area contributed by atoms with Crippen molar-refractivity contribution in [1.29, 1.82) is 0 Å². The molecule has 0 spiro atoms. The number of esters is 1. The lowest BCUT2D eigenvalue weighted by atomic mass is 10.1. The summed E-state index contributed by atoms with van der Waals surface area (Å²) in [6, 6.07) is 1.95. The van der Waals surface area contributed by atoms with Gasteiger partial charge in [-0.15, -0.1) is 0 Å². The highest BCUT2D eigenvalue weighted by Gasteiger charge is 2.22. The Morgan fingerprint density at radius 2 is 2.05 bits per heavy atom. The van der Waals surface area contributed by atoms with Gasteiger partial charge in [-0.1, -0.05) is 6.92 Å². The topological polar surface area (TPSA) is 60.4 Å². The van der Waals surface area contributed by atoms with E-state index in [1.165, 1.54) is 6.92 Å². The van der Waals surface area contributed by atoms with Crippen LogP contribution in [-0.2, 0) is 13.8 Å². The quantitative estimate of drug-likeness (QED) is 0.633. The minimum absolute atomic E-state index is 0.0119. The zero-order valence-corrected chi connectivity index (χ0v) is 12.3. The molecule has 0 radical (unpaired) electrons. The highest BCUT2D eigenvalue weighted by molar-refractivity contribution is 8.13. The Morgan fingerprint density at radius 1 is 1.47 bits per heavy atom. The summed E-state index contributed by atoms with van der Waals surface area (Å²) >= 11 is 0. The Balaban J connectivity index is 3.27. The molecule has 0 N–H and O–H groups in total. The number of carbonyl (C=O) groups is 1. The molecule has 0 bridgehead atoms. The number of hydrogen-bond donors (Lipinski definition) is 0. The summed E-state index contributed by atoms with van der Waals surface area (Å²) < 4.78 is 41.3. The zero-order chi connectivity index (χ0) is 14.8. The minimum Gasteiger partial charge on any atom is -0.459 e. The lowest BCUT2D eigenvalue weighted by Crippen LogP contribution is -2.16. The maximum absolute atomic E-state index is 13.8. The van der Waals surface area contributed by atoms with Gasteiger partial charge in [-0.3, -0.25) is 0 Å². The van der Waals surface area contributed by atoms with E-state index in [9.17, 15) is 17.6 Å². The van der Waals surface area contributed by atoms with E-state index in [4.69, 9.17) is 15.4 Å². The summed E-state index contributed by atoms with van der Waals surface area (Å²) in [5.74, 6) is -1.71. The van der Waals surface area contributed by atoms with E-state index in [1.807, 2.05) is 0 Å². The highest BCUT2D eigenvalue weighted by Crippen LogP contribution is 2.23. The van der Waals surface area contributed by atoms with Gasteiger partial charge in [0.25, 0.3) is 9.05 Å². The van der Waals surface area contributed by atoms with Crippen molar-refractivity contribution < 1.29 is 22.3 Å². The van der Waals surface area contributed by atoms with Crippen LogP contribution in [0.15, 0.2) is 17.0 Å². The Morgan fingerprint density at radius 3 is 2.53 bits per heavy atom. The molecule has 0 aliphatic carbocycles. The number of benzene rings is 1. The third-order valence-electron chi connectivity index (χ3n) is 2.61. The SMILES string of the molecule is CCC(C)OC(=O)c1cc(S(=O)(=O)Cl)cc(C)c1F. The first-order valence-corrected chi connectivity index (χ1v) is 7.93. The molecular formula is C12H14ClFO4S. The Labute approximate surface area is 115 Å². The molecule has 106 valence electrons. The van der Waals surface area contributed by atoms with Gasteiger partial charge in [0.1, 0.15) is 5.82 Å². The van der Waals surface area contributed by atoms with Gasteiger partial charge < -0.3 is 4.74 Å².